The number of aliphatic imine (C=N–C) groups is 1. The number of guanidine groups is 1. The fourth-order valence-electron chi connectivity index (χ4n) is 2.62. The highest BCUT2D eigenvalue weighted by Gasteiger charge is 2.18. The Labute approximate surface area is 147 Å². The molecule has 0 aromatic carbocycles. The summed E-state index contributed by atoms with van der Waals surface area (Å²) in [6, 6.07) is 0. The van der Waals surface area contributed by atoms with Gasteiger partial charge in [-0.05, 0) is 38.8 Å². The molecule has 0 aromatic rings. The predicted octanol–water partition coefficient (Wildman–Crippen LogP) is 1.88. The van der Waals surface area contributed by atoms with Gasteiger partial charge in [0.1, 0.15) is 0 Å². The second-order valence-corrected chi connectivity index (χ2v) is 5.82. The number of halogens is 1. The Morgan fingerprint density at radius 2 is 2.19 bits per heavy atom. The van der Waals surface area contributed by atoms with Crippen molar-refractivity contribution < 1.29 is 4.74 Å². The summed E-state index contributed by atoms with van der Waals surface area (Å²) in [7, 11) is 5.77. The van der Waals surface area contributed by atoms with E-state index in [4.69, 9.17) is 4.74 Å². The van der Waals surface area contributed by atoms with E-state index in [9.17, 15) is 0 Å². The minimum absolute atomic E-state index is 0. The molecule has 0 amide bonds. The number of nitrogens with one attached hydrogen (secondary N) is 1. The van der Waals surface area contributed by atoms with Gasteiger partial charge >= 0.3 is 0 Å². The first-order valence-corrected chi connectivity index (χ1v) is 7.80. The third-order valence-electron chi connectivity index (χ3n) is 3.85. The van der Waals surface area contributed by atoms with Crippen LogP contribution in [0.15, 0.2) is 4.99 Å². The third-order valence-corrected chi connectivity index (χ3v) is 3.85. The van der Waals surface area contributed by atoms with Crippen LogP contribution in [-0.2, 0) is 4.74 Å². The summed E-state index contributed by atoms with van der Waals surface area (Å²) in [5.74, 6) is 1.85. The van der Waals surface area contributed by atoms with Crippen LogP contribution in [-0.4, -0.2) is 76.3 Å². The number of hydrogen-bond donors (Lipinski definition) is 1. The highest BCUT2D eigenvalue weighted by atomic mass is 127. The first kappa shape index (κ1) is 20.9. The lowest BCUT2D eigenvalue weighted by Gasteiger charge is -2.33. The molecule has 0 aliphatic carbocycles. The van der Waals surface area contributed by atoms with Crippen LogP contribution >= 0.6 is 24.0 Å². The second-order valence-electron chi connectivity index (χ2n) is 5.82. The fourth-order valence-corrected chi connectivity index (χ4v) is 2.62. The number of rotatable bonds is 7. The average molecular weight is 412 g/mol. The summed E-state index contributed by atoms with van der Waals surface area (Å²) < 4.78 is 5.08. The maximum atomic E-state index is 5.08. The Balaban J connectivity index is 0.00000400. The summed E-state index contributed by atoms with van der Waals surface area (Å²) >= 11 is 0. The molecule has 1 rings (SSSR count). The molecule has 0 spiro atoms. The van der Waals surface area contributed by atoms with Crippen LogP contribution in [0.25, 0.3) is 0 Å². The summed E-state index contributed by atoms with van der Waals surface area (Å²) in [4.78, 5) is 9.10. The van der Waals surface area contributed by atoms with Gasteiger partial charge in [-0.2, -0.15) is 0 Å². The molecular weight excluding hydrogens is 379 g/mol. The number of nitrogens with zero attached hydrogens (tertiary/aromatic N) is 3. The molecule has 1 heterocycles. The summed E-state index contributed by atoms with van der Waals surface area (Å²) in [6.45, 7) is 8.46. The van der Waals surface area contributed by atoms with Crippen molar-refractivity contribution in [3.8, 4) is 0 Å². The van der Waals surface area contributed by atoms with E-state index in [1.54, 1.807) is 7.11 Å². The zero-order chi connectivity index (χ0) is 14.8. The van der Waals surface area contributed by atoms with E-state index in [0.29, 0.717) is 0 Å². The van der Waals surface area contributed by atoms with Gasteiger partial charge in [0.05, 0.1) is 6.61 Å². The van der Waals surface area contributed by atoms with Crippen molar-refractivity contribution >= 4 is 29.9 Å². The van der Waals surface area contributed by atoms with Gasteiger partial charge in [0.25, 0.3) is 0 Å². The minimum Gasteiger partial charge on any atom is -0.383 e. The highest BCUT2D eigenvalue weighted by molar-refractivity contribution is 14.0. The number of methoxy groups -OCH3 is 1. The van der Waals surface area contributed by atoms with E-state index in [-0.39, 0.29) is 24.0 Å². The summed E-state index contributed by atoms with van der Waals surface area (Å²) in [5.41, 5.74) is 0. The normalized spacial score (nSPS) is 19.6. The number of likely N-dealkylation sites (N-methyl/N-ethyl adjacent to an activating group) is 1. The smallest absolute Gasteiger partial charge is 0.193 e. The van der Waals surface area contributed by atoms with Crippen molar-refractivity contribution in [2.45, 2.75) is 26.2 Å². The molecule has 6 heteroatoms. The Kier molecular flexibility index (Phi) is 12.4. The Hall–Kier alpha value is -0.0800. The van der Waals surface area contributed by atoms with Gasteiger partial charge in [-0.3, -0.25) is 4.99 Å². The molecule has 1 fully saturated rings. The third kappa shape index (κ3) is 8.83. The first-order chi connectivity index (χ1) is 9.67. The predicted molar refractivity (Wildman–Crippen MR) is 101 cm³/mol. The zero-order valence-electron chi connectivity index (χ0n) is 14.1. The monoisotopic (exact) mass is 412 g/mol. The van der Waals surface area contributed by atoms with E-state index < -0.39 is 0 Å². The summed E-state index contributed by atoms with van der Waals surface area (Å²) in [6.07, 6.45) is 3.75. The van der Waals surface area contributed by atoms with Gasteiger partial charge in [-0.25, -0.2) is 0 Å². The van der Waals surface area contributed by atoms with Crippen molar-refractivity contribution in [1.82, 2.24) is 15.1 Å². The van der Waals surface area contributed by atoms with Gasteiger partial charge in [0.15, 0.2) is 5.96 Å². The number of likely N-dealkylation sites (tertiary alicyclic amines) is 1. The first-order valence-electron chi connectivity index (χ1n) is 7.80. The summed E-state index contributed by atoms with van der Waals surface area (Å²) in [5, 5.41) is 3.49. The van der Waals surface area contributed by atoms with Crippen LogP contribution in [0.2, 0.25) is 0 Å². The molecule has 1 aliphatic heterocycles. The van der Waals surface area contributed by atoms with Crippen molar-refractivity contribution in [3.05, 3.63) is 0 Å². The van der Waals surface area contributed by atoms with Gasteiger partial charge in [-0.15, -0.1) is 24.0 Å². The molecule has 1 atom stereocenters. The van der Waals surface area contributed by atoms with Crippen molar-refractivity contribution in [2.75, 3.05) is 60.5 Å². The number of ether oxygens (including phenoxy) is 1. The SMILES string of the molecule is CN=C(NCCCN(C)CCOC)N1CCCC(C)C1.I. The van der Waals surface area contributed by atoms with Gasteiger partial charge in [-0.1, -0.05) is 6.92 Å². The molecule has 21 heavy (non-hydrogen) atoms. The molecular formula is C15H33IN4O. The van der Waals surface area contributed by atoms with Crippen molar-refractivity contribution in [2.24, 2.45) is 10.9 Å². The molecule has 1 unspecified atom stereocenters. The number of hydrogen-bond acceptors (Lipinski definition) is 3. The van der Waals surface area contributed by atoms with Crippen LogP contribution < -0.4 is 5.32 Å². The number of piperidine rings is 1. The molecule has 0 radical (unpaired) electrons. The largest absolute Gasteiger partial charge is 0.383 e. The molecule has 0 bridgehead atoms. The van der Waals surface area contributed by atoms with Crippen LogP contribution in [0.1, 0.15) is 26.2 Å². The Morgan fingerprint density at radius 1 is 1.43 bits per heavy atom. The maximum Gasteiger partial charge on any atom is 0.193 e. The maximum absolute atomic E-state index is 5.08. The van der Waals surface area contributed by atoms with E-state index in [2.05, 4.69) is 34.1 Å². The van der Waals surface area contributed by atoms with Crippen LogP contribution in [0.5, 0.6) is 0 Å². The van der Waals surface area contributed by atoms with E-state index in [1.165, 1.54) is 12.8 Å². The second kappa shape index (κ2) is 12.5. The van der Waals surface area contributed by atoms with Crippen LogP contribution in [0.3, 0.4) is 0 Å². The molecule has 1 N–H and O–H groups in total. The quantitative estimate of drug-likeness (QED) is 0.300. The van der Waals surface area contributed by atoms with Crippen molar-refractivity contribution in [3.63, 3.8) is 0 Å². The minimum atomic E-state index is 0. The van der Waals surface area contributed by atoms with Crippen LogP contribution in [0, 0.1) is 5.92 Å². The van der Waals surface area contributed by atoms with Gasteiger partial charge < -0.3 is 19.9 Å². The fraction of sp³-hybridized carbons (Fsp3) is 0.933. The average Bonchev–Trinajstić information content (AvgIpc) is 2.45. The highest BCUT2D eigenvalue weighted by Crippen LogP contribution is 2.15. The standard InChI is InChI=1S/C15H32N4O.HI/c1-14-7-5-10-19(13-14)15(16-2)17-8-6-9-18(3)11-12-20-4;/h14H,5-13H2,1-4H3,(H,16,17);1H. The molecule has 0 aromatic heterocycles. The Bertz CT molecular complexity index is 289. The lowest BCUT2D eigenvalue weighted by Crippen LogP contribution is -2.46. The van der Waals surface area contributed by atoms with E-state index in [1.807, 2.05) is 7.05 Å². The lowest BCUT2D eigenvalue weighted by atomic mass is 10.0. The molecule has 1 aliphatic rings. The van der Waals surface area contributed by atoms with E-state index in [0.717, 1.165) is 57.6 Å². The van der Waals surface area contributed by atoms with Gasteiger partial charge in [0.2, 0.25) is 0 Å². The molecule has 0 saturated carbocycles. The van der Waals surface area contributed by atoms with Gasteiger partial charge in [0, 0.05) is 40.3 Å². The zero-order valence-corrected chi connectivity index (χ0v) is 16.4. The molecule has 1 saturated heterocycles. The van der Waals surface area contributed by atoms with Crippen molar-refractivity contribution in [1.29, 1.82) is 0 Å². The lowest BCUT2D eigenvalue weighted by molar-refractivity contribution is 0.161. The Morgan fingerprint density at radius 3 is 2.81 bits per heavy atom. The van der Waals surface area contributed by atoms with E-state index >= 15 is 0 Å². The topological polar surface area (TPSA) is 40.1 Å². The molecule has 5 nitrogen and oxygen atoms in total. The van der Waals surface area contributed by atoms with Crippen LogP contribution in [0.4, 0.5) is 0 Å². The molecule has 126 valence electrons.